The topological polar surface area (TPSA) is 47.3 Å². The van der Waals surface area contributed by atoms with Crippen molar-refractivity contribution in [1.29, 1.82) is 0 Å². The van der Waals surface area contributed by atoms with Gasteiger partial charge >= 0.3 is 0 Å². The lowest BCUT2D eigenvalue weighted by Gasteiger charge is -2.12. The highest BCUT2D eigenvalue weighted by Crippen LogP contribution is 2.32. The molecule has 1 N–H and O–H groups in total. The minimum Gasteiger partial charge on any atom is -0.495 e. The number of imidazole rings is 1. The molecule has 0 aliphatic carbocycles. The summed E-state index contributed by atoms with van der Waals surface area (Å²) in [5, 5.41) is 12.2. The van der Waals surface area contributed by atoms with Gasteiger partial charge in [-0.1, -0.05) is 6.92 Å². The number of ether oxygens (including phenoxy) is 1. The summed E-state index contributed by atoms with van der Waals surface area (Å²) in [6, 6.07) is 1.88. The van der Waals surface area contributed by atoms with Gasteiger partial charge < -0.3 is 14.4 Å². The third kappa shape index (κ3) is 2.73. The number of rotatable bonds is 6. The van der Waals surface area contributed by atoms with Crippen molar-refractivity contribution in [3.8, 4) is 5.75 Å². The zero-order chi connectivity index (χ0) is 13.0. The average Bonchev–Trinajstić information content (AvgIpc) is 2.98. The third-order valence-corrected chi connectivity index (χ3v) is 3.82. The molecule has 4 nitrogen and oxygen atoms in total. The van der Waals surface area contributed by atoms with Crippen molar-refractivity contribution >= 4 is 11.3 Å². The van der Waals surface area contributed by atoms with E-state index in [1.165, 1.54) is 11.3 Å². The van der Waals surface area contributed by atoms with Crippen LogP contribution in [-0.2, 0) is 13.0 Å². The maximum atomic E-state index is 10.3. The molecule has 1 atom stereocenters. The van der Waals surface area contributed by atoms with E-state index in [1.807, 2.05) is 17.6 Å². The second-order valence-corrected chi connectivity index (χ2v) is 5.06. The molecule has 0 radical (unpaired) electrons. The van der Waals surface area contributed by atoms with E-state index in [9.17, 15) is 5.11 Å². The molecule has 0 aromatic carbocycles. The van der Waals surface area contributed by atoms with Crippen molar-refractivity contribution in [3.05, 3.63) is 34.5 Å². The van der Waals surface area contributed by atoms with Crippen LogP contribution in [0.3, 0.4) is 0 Å². The Morgan fingerprint density at radius 3 is 3.11 bits per heavy atom. The van der Waals surface area contributed by atoms with Crippen LogP contribution in [0, 0.1) is 0 Å². The fourth-order valence-electron chi connectivity index (χ4n) is 1.96. The minimum absolute atomic E-state index is 0.518. The molecular weight excluding hydrogens is 248 g/mol. The van der Waals surface area contributed by atoms with Crippen molar-refractivity contribution in [3.63, 3.8) is 0 Å². The molecule has 0 amide bonds. The van der Waals surface area contributed by atoms with Gasteiger partial charge in [-0.25, -0.2) is 4.98 Å². The van der Waals surface area contributed by atoms with Crippen LogP contribution >= 0.6 is 11.3 Å². The first-order chi connectivity index (χ1) is 8.76. The van der Waals surface area contributed by atoms with Gasteiger partial charge in [0.15, 0.2) is 0 Å². The number of aromatic nitrogens is 2. The fourth-order valence-corrected chi connectivity index (χ4v) is 2.81. The normalized spacial score (nSPS) is 12.6. The first kappa shape index (κ1) is 13.1. The molecule has 0 aliphatic heterocycles. The van der Waals surface area contributed by atoms with Gasteiger partial charge in [0.05, 0.1) is 18.1 Å². The molecule has 18 heavy (non-hydrogen) atoms. The van der Waals surface area contributed by atoms with Crippen LogP contribution in [0.2, 0.25) is 0 Å². The van der Waals surface area contributed by atoms with Crippen LogP contribution in [0.5, 0.6) is 5.75 Å². The summed E-state index contributed by atoms with van der Waals surface area (Å²) in [7, 11) is 1.62. The highest BCUT2D eigenvalue weighted by molar-refractivity contribution is 7.10. The molecule has 2 heterocycles. The van der Waals surface area contributed by atoms with Crippen LogP contribution in [0.15, 0.2) is 23.8 Å². The molecule has 0 bridgehead atoms. The molecular formula is C13H18N2O2S. The number of aryl methyl sites for hydroxylation is 1. The molecule has 2 rings (SSSR count). The van der Waals surface area contributed by atoms with Gasteiger partial charge in [0, 0.05) is 25.4 Å². The van der Waals surface area contributed by atoms with Crippen LogP contribution in [0.4, 0.5) is 0 Å². The minimum atomic E-state index is -0.557. The summed E-state index contributed by atoms with van der Waals surface area (Å²) >= 11 is 1.51. The van der Waals surface area contributed by atoms with Crippen LogP contribution in [0.25, 0.3) is 0 Å². The lowest BCUT2D eigenvalue weighted by atomic mass is 10.2. The molecule has 1 unspecified atom stereocenters. The van der Waals surface area contributed by atoms with Gasteiger partial charge in [-0.2, -0.15) is 0 Å². The summed E-state index contributed by atoms with van der Waals surface area (Å²) in [6.45, 7) is 3.06. The van der Waals surface area contributed by atoms with Gasteiger partial charge in [-0.3, -0.25) is 0 Å². The first-order valence-corrected chi connectivity index (χ1v) is 6.93. The van der Waals surface area contributed by atoms with Gasteiger partial charge in [-0.15, -0.1) is 11.3 Å². The van der Waals surface area contributed by atoms with E-state index >= 15 is 0 Å². The number of methoxy groups -OCH3 is 1. The SMILES string of the molecule is CCCn1ccnc1CC(O)c1sccc1OC. The number of aliphatic hydroxyl groups excluding tert-OH is 1. The molecule has 5 heteroatoms. The van der Waals surface area contributed by atoms with Gasteiger partial charge in [-0.05, 0) is 17.9 Å². The van der Waals surface area contributed by atoms with Crippen molar-refractivity contribution in [2.75, 3.05) is 7.11 Å². The van der Waals surface area contributed by atoms with Crippen molar-refractivity contribution in [2.24, 2.45) is 0 Å². The van der Waals surface area contributed by atoms with E-state index in [0.717, 1.165) is 29.4 Å². The van der Waals surface area contributed by atoms with Gasteiger partial charge in [0.1, 0.15) is 11.6 Å². The smallest absolute Gasteiger partial charge is 0.135 e. The Hall–Kier alpha value is -1.33. The summed E-state index contributed by atoms with van der Waals surface area (Å²) in [4.78, 5) is 5.17. The van der Waals surface area contributed by atoms with E-state index < -0.39 is 6.10 Å². The highest BCUT2D eigenvalue weighted by atomic mass is 32.1. The average molecular weight is 266 g/mol. The molecule has 0 aliphatic rings. The number of hydrogen-bond donors (Lipinski definition) is 1. The van der Waals surface area contributed by atoms with E-state index in [4.69, 9.17) is 4.74 Å². The van der Waals surface area contributed by atoms with Crippen molar-refractivity contribution in [1.82, 2.24) is 9.55 Å². The number of aliphatic hydroxyl groups is 1. The van der Waals surface area contributed by atoms with E-state index in [-0.39, 0.29) is 0 Å². The molecule has 98 valence electrons. The molecule has 0 saturated carbocycles. The first-order valence-electron chi connectivity index (χ1n) is 6.05. The Balaban J connectivity index is 2.11. The second kappa shape index (κ2) is 6.02. The highest BCUT2D eigenvalue weighted by Gasteiger charge is 2.17. The van der Waals surface area contributed by atoms with Crippen LogP contribution < -0.4 is 4.74 Å². The summed E-state index contributed by atoms with van der Waals surface area (Å²) in [5.41, 5.74) is 0. The Labute approximate surface area is 111 Å². The Kier molecular flexibility index (Phi) is 4.38. The van der Waals surface area contributed by atoms with Gasteiger partial charge in [0.25, 0.3) is 0 Å². The molecule has 2 aromatic rings. The number of thiophene rings is 1. The predicted octanol–water partition coefficient (Wildman–Crippen LogP) is 2.64. The fraction of sp³-hybridized carbons (Fsp3) is 0.462. The zero-order valence-corrected chi connectivity index (χ0v) is 11.5. The van der Waals surface area contributed by atoms with Crippen molar-refractivity contribution in [2.45, 2.75) is 32.4 Å². The number of hydrogen-bond acceptors (Lipinski definition) is 4. The second-order valence-electron chi connectivity index (χ2n) is 4.11. The monoisotopic (exact) mass is 266 g/mol. The van der Waals surface area contributed by atoms with E-state index in [0.29, 0.717) is 6.42 Å². The Morgan fingerprint density at radius 2 is 2.39 bits per heavy atom. The maximum absolute atomic E-state index is 10.3. The quantitative estimate of drug-likeness (QED) is 0.874. The molecule has 0 fully saturated rings. The zero-order valence-electron chi connectivity index (χ0n) is 10.7. The predicted molar refractivity (Wildman–Crippen MR) is 72.1 cm³/mol. The molecule has 2 aromatic heterocycles. The largest absolute Gasteiger partial charge is 0.495 e. The third-order valence-electron chi connectivity index (χ3n) is 2.82. The van der Waals surface area contributed by atoms with E-state index in [1.54, 1.807) is 13.3 Å². The lowest BCUT2D eigenvalue weighted by Crippen LogP contribution is -2.08. The lowest BCUT2D eigenvalue weighted by molar-refractivity contribution is 0.174. The Bertz CT molecular complexity index is 493. The van der Waals surface area contributed by atoms with Crippen molar-refractivity contribution < 1.29 is 9.84 Å². The standard InChI is InChI=1S/C13H18N2O2S/c1-3-6-15-7-5-14-12(15)9-10(16)13-11(17-2)4-8-18-13/h4-5,7-8,10,16H,3,6,9H2,1-2H3. The molecule has 0 spiro atoms. The van der Waals surface area contributed by atoms with Crippen LogP contribution in [0.1, 0.15) is 30.2 Å². The summed E-state index contributed by atoms with van der Waals surface area (Å²) in [5.74, 6) is 1.67. The molecule has 0 saturated heterocycles. The van der Waals surface area contributed by atoms with E-state index in [2.05, 4.69) is 16.5 Å². The van der Waals surface area contributed by atoms with Crippen LogP contribution in [-0.4, -0.2) is 21.8 Å². The maximum Gasteiger partial charge on any atom is 0.135 e. The summed E-state index contributed by atoms with van der Waals surface area (Å²) in [6.07, 6.45) is 4.75. The number of nitrogens with zero attached hydrogens (tertiary/aromatic N) is 2. The summed E-state index contributed by atoms with van der Waals surface area (Å²) < 4.78 is 7.31. The van der Waals surface area contributed by atoms with Gasteiger partial charge in [0.2, 0.25) is 0 Å². The Morgan fingerprint density at radius 1 is 1.56 bits per heavy atom.